The molecule has 0 saturated heterocycles. The van der Waals surface area contributed by atoms with Gasteiger partial charge in [0.15, 0.2) is 5.82 Å². The second-order valence-electron chi connectivity index (χ2n) is 4.43. The summed E-state index contributed by atoms with van der Waals surface area (Å²) >= 11 is 0. The first kappa shape index (κ1) is 11.8. The molecule has 3 N–H and O–H groups in total. The van der Waals surface area contributed by atoms with E-state index in [2.05, 4.69) is 5.32 Å². The van der Waals surface area contributed by atoms with E-state index in [4.69, 9.17) is 5.73 Å². The molecule has 1 aliphatic carbocycles. The Hall–Kier alpha value is -1.65. The summed E-state index contributed by atoms with van der Waals surface area (Å²) in [6.07, 6.45) is 2.09. The van der Waals surface area contributed by atoms with Crippen LogP contribution in [0.1, 0.15) is 30.1 Å². The van der Waals surface area contributed by atoms with E-state index in [9.17, 15) is 13.6 Å². The zero-order chi connectivity index (χ0) is 12.6. The fourth-order valence-corrected chi connectivity index (χ4v) is 1.77. The summed E-state index contributed by atoms with van der Waals surface area (Å²) in [4.78, 5) is 11.7. The van der Waals surface area contributed by atoms with Crippen molar-refractivity contribution >= 4 is 11.6 Å². The monoisotopic (exact) mass is 240 g/mol. The van der Waals surface area contributed by atoms with Gasteiger partial charge in [0, 0.05) is 6.04 Å². The van der Waals surface area contributed by atoms with Crippen molar-refractivity contribution in [3.05, 3.63) is 29.3 Å². The van der Waals surface area contributed by atoms with Crippen LogP contribution in [0, 0.1) is 17.6 Å². The van der Waals surface area contributed by atoms with Crippen LogP contribution in [0.25, 0.3) is 0 Å². The van der Waals surface area contributed by atoms with E-state index >= 15 is 0 Å². The van der Waals surface area contributed by atoms with Crippen molar-refractivity contribution in [2.45, 2.75) is 25.8 Å². The number of rotatable bonds is 3. The standard InChI is InChI=1S/C12H14F2N2O/c1-6(7-2-3-7)16-12(17)10-8(13)4-5-9(15)11(10)14/h4-7H,2-3,15H2,1H3,(H,16,17). The zero-order valence-corrected chi connectivity index (χ0v) is 9.47. The molecule has 0 aromatic heterocycles. The summed E-state index contributed by atoms with van der Waals surface area (Å²) in [5.41, 5.74) is 4.48. The average Bonchev–Trinajstić information content (AvgIpc) is 3.07. The van der Waals surface area contributed by atoms with E-state index in [0.29, 0.717) is 5.92 Å². The minimum Gasteiger partial charge on any atom is -0.396 e. The molecule has 1 fully saturated rings. The molecule has 0 bridgehead atoms. The number of nitrogens with two attached hydrogens (primary N) is 1. The summed E-state index contributed by atoms with van der Waals surface area (Å²) in [6, 6.07) is 2.03. The van der Waals surface area contributed by atoms with Crippen molar-refractivity contribution in [3.8, 4) is 0 Å². The van der Waals surface area contributed by atoms with Gasteiger partial charge in [-0.25, -0.2) is 8.78 Å². The van der Waals surface area contributed by atoms with E-state index < -0.39 is 23.1 Å². The number of benzene rings is 1. The first-order valence-electron chi connectivity index (χ1n) is 5.55. The molecular weight excluding hydrogens is 226 g/mol. The van der Waals surface area contributed by atoms with Gasteiger partial charge in [0.1, 0.15) is 11.4 Å². The van der Waals surface area contributed by atoms with Crippen molar-refractivity contribution in [1.82, 2.24) is 5.32 Å². The highest BCUT2D eigenvalue weighted by Crippen LogP contribution is 2.32. The minimum atomic E-state index is -0.995. The van der Waals surface area contributed by atoms with Gasteiger partial charge in [0.2, 0.25) is 0 Å². The molecule has 1 saturated carbocycles. The summed E-state index contributed by atoms with van der Waals surface area (Å²) in [7, 11) is 0. The van der Waals surface area contributed by atoms with Gasteiger partial charge in [-0.3, -0.25) is 4.79 Å². The van der Waals surface area contributed by atoms with Crippen LogP contribution in [0.5, 0.6) is 0 Å². The Kier molecular flexibility index (Phi) is 3.00. The van der Waals surface area contributed by atoms with E-state index in [1.165, 1.54) is 0 Å². The number of carbonyl (C=O) groups excluding carboxylic acids is 1. The molecule has 2 rings (SSSR count). The van der Waals surface area contributed by atoms with Gasteiger partial charge in [0.25, 0.3) is 5.91 Å². The first-order valence-corrected chi connectivity index (χ1v) is 5.55. The molecule has 0 heterocycles. The highest BCUT2D eigenvalue weighted by Gasteiger charge is 2.30. The van der Waals surface area contributed by atoms with Crippen molar-refractivity contribution in [3.63, 3.8) is 0 Å². The lowest BCUT2D eigenvalue weighted by Gasteiger charge is -2.14. The van der Waals surface area contributed by atoms with Crippen molar-refractivity contribution < 1.29 is 13.6 Å². The Morgan fingerprint density at radius 3 is 2.71 bits per heavy atom. The lowest BCUT2D eigenvalue weighted by atomic mass is 10.1. The second-order valence-corrected chi connectivity index (χ2v) is 4.43. The van der Waals surface area contributed by atoms with Crippen LogP contribution >= 0.6 is 0 Å². The molecule has 0 aliphatic heterocycles. The number of nitrogens with one attached hydrogen (secondary N) is 1. The molecule has 0 radical (unpaired) electrons. The van der Waals surface area contributed by atoms with Gasteiger partial charge in [0.05, 0.1) is 5.69 Å². The molecule has 1 amide bonds. The quantitative estimate of drug-likeness (QED) is 0.795. The number of carbonyl (C=O) groups is 1. The predicted molar refractivity (Wildman–Crippen MR) is 60.4 cm³/mol. The Morgan fingerprint density at radius 2 is 2.12 bits per heavy atom. The molecule has 17 heavy (non-hydrogen) atoms. The van der Waals surface area contributed by atoms with E-state index in [1.807, 2.05) is 6.92 Å². The van der Waals surface area contributed by atoms with E-state index in [1.54, 1.807) is 0 Å². The van der Waals surface area contributed by atoms with Gasteiger partial charge in [-0.1, -0.05) is 0 Å². The number of anilines is 1. The molecule has 1 atom stereocenters. The van der Waals surface area contributed by atoms with Gasteiger partial charge >= 0.3 is 0 Å². The fraction of sp³-hybridized carbons (Fsp3) is 0.417. The summed E-state index contributed by atoms with van der Waals surface area (Å²) < 4.78 is 26.9. The number of hydrogen-bond donors (Lipinski definition) is 2. The third kappa shape index (κ3) is 2.38. The Labute approximate surface area is 98.0 Å². The van der Waals surface area contributed by atoms with Crippen molar-refractivity contribution in [2.75, 3.05) is 5.73 Å². The Balaban J connectivity index is 2.20. The van der Waals surface area contributed by atoms with Crippen LogP contribution in [0.4, 0.5) is 14.5 Å². The lowest BCUT2D eigenvalue weighted by Crippen LogP contribution is -2.35. The van der Waals surface area contributed by atoms with Crippen LogP contribution in [-0.2, 0) is 0 Å². The number of halogens is 2. The molecule has 1 unspecified atom stereocenters. The van der Waals surface area contributed by atoms with Crippen LogP contribution in [-0.4, -0.2) is 11.9 Å². The third-order valence-corrected chi connectivity index (χ3v) is 3.04. The predicted octanol–water partition coefficient (Wildman–Crippen LogP) is 2.08. The molecular formula is C12H14F2N2O. The van der Waals surface area contributed by atoms with Crippen LogP contribution in [0.2, 0.25) is 0 Å². The Morgan fingerprint density at radius 1 is 1.47 bits per heavy atom. The Bertz CT molecular complexity index is 458. The molecule has 3 nitrogen and oxygen atoms in total. The molecule has 0 spiro atoms. The van der Waals surface area contributed by atoms with Gasteiger partial charge in [-0.15, -0.1) is 0 Å². The topological polar surface area (TPSA) is 55.1 Å². The normalized spacial score (nSPS) is 16.6. The molecule has 1 aromatic rings. The maximum atomic E-state index is 13.6. The van der Waals surface area contributed by atoms with Crippen molar-refractivity contribution in [2.24, 2.45) is 5.92 Å². The average molecular weight is 240 g/mol. The SMILES string of the molecule is CC(NC(=O)c1c(F)ccc(N)c1F)C1CC1. The highest BCUT2D eigenvalue weighted by molar-refractivity contribution is 5.95. The fourth-order valence-electron chi connectivity index (χ4n) is 1.77. The first-order chi connectivity index (χ1) is 8.00. The number of nitrogen functional groups attached to an aromatic ring is 1. The van der Waals surface area contributed by atoms with Crippen LogP contribution in [0.15, 0.2) is 12.1 Å². The second kappa shape index (κ2) is 4.31. The van der Waals surface area contributed by atoms with Crippen LogP contribution < -0.4 is 11.1 Å². The van der Waals surface area contributed by atoms with Crippen molar-refractivity contribution in [1.29, 1.82) is 0 Å². The maximum absolute atomic E-state index is 13.6. The zero-order valence-electron chi connectivity index (χ0n) is 9.47. The smallest absolute Gasteiger partial charge is 0.257 e. The maximum Gasteiger partial charge on any atom is 0.257 e. The summed E-state index contributed by atoms with van der Waals surface area (Å²) in [5.74, 6) is -2.21. The summed E-state index contributed by atoms with van der Waals surface area (Å²) in [5, 5.41) is 2.59. The van der Waals surface area contributed by atoms with Gasteiger partial charge < -0.3 is 11.1 Å². The molecule has 1 aromatic carbocycles. The van der Waals surface area contributed by atoms with Gasteiger partial charge in [-0.05, 0) is 37.8 Å². The van der Waals surface area contributed by atoms with E-state index in [0.717, 1.165) is 25.0 Å². The van der Waals surface area contributed by atoms with E-state index in [-0.39, 0.29) is 11.7 Å². The number of amides is 1. The third-order valence-electron chi connectivity index (χ3n) is 3.04. The lowest BCUT2D eigenvalue weighted by molar-refractivity contribution is 0.0927. The highest BCUT2D eigenvalue weighted by atomic mass is 19.1. The van der Waals surface area contributed by atoms with Crippen LogP contribution in [0.3, 0.4) is 0 Å². The molecule has 5 heteroatoms. The largest absolute Gasteiger partial charge is 0.396 e. The van der Waals surface area contributed by atoms with Gasteiger partial charge in [-0.2, -0.15) is 0 Å². The minimum absolute atomic E-state index is 0.0669. The molecule has 1 aliphatic rings. The molecule has 92 valence electrons. The summed E-state index contributed by atoms with van der Waals surface area (Å²) in [6.45, 7) is 1.83. The number of hydrogen-bond acceptors (Lipinski definition) is 2.